The summed E-state index contributed by atoms with van der Waals surface area (Å²) >= 11 is 0. The summed E-state index contributed by atoms with van der Waals surface area (Å²) in [5.41, 5.74) is 8.48. The maximum Gasteiger partial charge on any atom is 0.251 e. The number of hydrogen-bond acceptors (Lipinski definition) is 6. The van der Waals surface area contributed by atoms with Gasteiger partial charge < -0.3 is 20.4 Å². The molecule has 2 heterocycles. The van der Waals surface area contributed by atoms with E-state index in [0.717, 1.165) is 47.7 Å². The summed E-state index contributed by atoms with van der Waals surface area (Å²) in [7, 11) is -0.767. The third-order valence-corrected chi connectivity index (χ3v) is 9.12. The molecule has 1 fully saturated rings. The molecule has 0 unspecified atom stereocenters. The maximum atomic E-state index is 12.8. The van der Waals surface area contributed by atoms with Gasteiger partial charge in [0.05, 0.1) is 11.5 Å². The van der Waals surface area contributed by atoms with Gasteiger partial charge in [0.25, 0.3) is 5.91 Å². The Morgan fingerprint density at radius 3 is 2.44 bits per heavy atom. The van der Waals surface area contributed by atoms with Gasteiger partial charge in [-0.1, -0.05) is 30.3 Å². The highest BCUT2D eigenvalue weighted by molar-refractivity contribution is 7.91. The molecule has 3 aromatic carbocycles. The zero-order valence-corrected chi connectivity index (χ0v) is 23.4. The number of hydrogen-bond donors (Lipinski definition) is 2. The number of sulfone groups is 1. The molecular formula is C31H36N4O3S. The van der Waals surface area contributed by atoms with E-state index in [9.17, 15) is 13.2 Å². The third-order valence-electron chi connectivity index (χ3n) is 7.51. The van der Waals surface area contributed by atoms with Gasteiger partial charge >= 0.3 is 0 Å². The predicted molar refractivity (Wildman–Crippen MR) is 159 cm³/mol. The summed E-state index contributed by atoms with van der Waals surface area (Å²) in [4.78, 5) is 17.2. The van der Waals surface area contributed by atoms with Crippen molar-refractivity contribution >= 4 is 32.8 Å². The Bertz CT molecular complexity index is 1470. The van der Waals surface area contributed by atoms with Crippen molar-refractivity contribution in [3.63, 3.8) is 0 Å². The molecule has 1 saturated heterocycles. The van der Waals surface area contributed by atoms with Gasteiger partial charge in [0.2, 0.25) is 0 Å². The fourth-order valence-corrected chi connectivity index (χ4v) is 6.37. The van der Waals surface area contributed by atoms with Crippen LogP contribution in [-0.4, -0.2) is 57.4 Å². The molecular weight excluding hydrogens is 508 g/mol. The van der Waals surface area contributed by atoms with E-state index in [-0.39, 0.29) is 17.4 Å². The second kappa shape index (κ2) is 11.6. The molecule has 3 aromatic rings. The molecule has 0 radical (unpaired) electrons. The van der Waals surface area contributed by atoms with Crippen LogP contribution >= 0.6 is 0 Å². The molecule has 7 nitrogen and oxygen atoms in total. The summed E-state index contributed by atoms with van der Waals surface area (Å²) in [6.07, 6.45) is 3.16. The highest BCUT2D eigenvalue weighted by Crippen LogP contribution is 2.25. The summed E-state index contributed by atoms with van der Waals surface area (Å²) in [5.74, 6) is 0.199. The van der Waals surface area contributed by atoms with Gasteiger partial charge in [-0.05, 0) is 85.1 Å². The first-order chi connectivity index (χ1) is 18.8. The lowest BCUT2D eigenvalue weighted by Gasteiger charge is -2.28. The minimum absolute atomic E-state index is 0.142. The Kier molecular flexibility index (Phi) is 8.04. The molecule has 5 rings (SSSR count). The monoisotopic (exact) mass is 544 g/mol. The van der Waals surface area contributed by atoms with Crippen molar-refractivity contribution in [1.82, 2.24) is 10.2 Å². The van der Waals surface area contributed by atoms with E-state index in [1.807, 2.05) is 36.1 Å². The van der Waals surface area contributed by atoms with Crippen molar-refractivity contribution in [3.05, 3.63) is 101 Å². The van der Waals surface area contributed by atoms with Gasteiger partial charge in [0.1, 0.15) is 0 Å². The van der Waals surface area contributed by atoms with Gasteiger partial charge in [-0.15, -0.1) is 0 Å². The Morgan fingerprint density at radius 2 is 1.69 bits per heavy atom. The lowest BCUT2D eigenvalue weighted by atomic mass is 9.99. The predicted octanol–water partition coefficient (Wildman–Crippen LogP) is 4.31. The number of fused-ring (bicyclic) bond motifs is 1. The number of nitrogens with zero attached hydrogens (tertiary/aromatic N) is 2. The molecule has 0 bridgehead atoms. The fourth-order valence-electron chi connectivity index (χ4n) is 5.17. The van der Waals surface area contributed by atoms with E-state index in [4.69, 9.17) is 0 Å². The van der Waals surface area contributed by atoms with Crippen LogP contribution in [0.3, 0.4) is 0 Å². The zero-order valence-electron chi connectivity index (χ0n) is 22.6. The molecule has 0 spiro atoms. The molecule has 0 saturated carbocycles. The standard InChI is InChI=1S/C31H36N4O3S/c1-3-30(33-28-10-7-24-13-14-34(2)22-27(24)20-28)26-6-4-5-23(19-26)21-32-31(36)25-8-11-29(12-9-25)35-15-17-39(37,38)18-16-35/h3-12,19-20,33H,13-18,21-22H2,1-2H3,(H,32,36). The van der Waals surface area contributed by atoms with Crippen LogP contribution in [-0.2, 0) is 29.3 Å². The van der Waals surface area contributed by atoms with Crippen molar-refractivity contribution in [3.8, 4) is 0 Å². The first-order valence-corrected chi connectivity index (χ1v) is 15.3. The maximum absolute atomic E-state index is 12.8. The van der Waals surface area contributed by atoms with Gasteiger partial charge in [-0.25, -0.2) is 8.42 Å². The van der Waals surface area contributed by atoms with Gasteiger partial charge in [0, 0.05) is 55.4 Å². The smallest absolute Gasteiger partial charge is 0.251 e. The van der Waals surface area contributed by atoms with Crippen LogP contribution in [0, 0.1) is 0 Å². The molecule has 1 amide bonds. The minimum Gasteiger partial charge on any atom is -0.369 e. The Morgan fingerprint density at radius 1 is 0.923 bits per heavy atom. The molecule has 8 heteroatoms. The number of rotatable bonds is 7. The number of amides is 1. The van der Waals surface area contributed by atoms with Crippen LogP contribution in [0.2, 0.25) is 0 Å². The average Bonchev–Trinajstić information content (AvgIpc) is 2.94. The SMILES string of the molecule is CC=C(Nc1ccc2c(c1)CN(C)CC2)c1cccc(CNC(=O)c2ccc(N3CCS(=O)(=O)CC3)cc2)c1. The molecule has 2 N–H and O–H groups in total. The molecule has 2 aliphatic heterocycles. The zero-order chi connectivity index (χ0) is 27.4. The van der Waals surface area contributed by atoms with Crippen LogP contribution in [0.15, 0.2) is 72.8 Å². The molecule has 0 aromatic heterocycles. The quantitative estimate of drug-likeness (QED) is 0.461. The van der Waals surface area contributed by atoms with E-state index >= 15 is 0 Å². The van der Waals surface area contributed by atoms with Gasteiger partial charge in [-0.2, -0.15) is 0 Å². The highest BCUT2D eigenvalue weighted by Gasteiger charge is 2.22. The Labute approximate surface area is 231 Å². The molecule has 0 atom stereocenters. The van der Waals surface area contributed by atoms with Crippen LogP contribution in [0.4, 0.5) is 11.4 Å². The lowest BCUT2D eigenvalue weighted by molar-refractivity contribution is 0.0951. The fraction of sp³-hybridized carbons (Fsp3) is 0.323. The second-order valence-corrected chi connectivity index (χ2v) is 12.7. The van der Waals surface area contributed by atoms with Crippen LogP contribution in [0.5, 0.6) is 0 Å². The first kappa shape index (κ1) is 27.0. The van der Waals surface area contributed by atoms with Crippen LogP contribution in [0.25, 0.3) is 5.70 Å². The first-order valence-electron chi connectivity index (χ1n) is 13.5. The average molecular weight is 545 g/mol. The Hall–Kier alpha value is -3.62. The largest absolute Gasteiger partial charge is 0.369 e. The molecule has 0 aliphatic carbocycles. The Balaban J connectivity index is 1.19. The van der Waals surface area contributed by atoms with Crippen molar-refractivity contribution < 1.29 is 13.2 Å². The number of allylic oxidation sites excluding steroid dienone is 1. The summed E-state index contributed by atoms with van der Waals surface area (Å²) in [6.45, 7) is 5.47. The van der Waals surface area contributed by atoms with E-state index < -0.39 is 9.84 Å². The van der Waals surface area contributed by atoms with Gasteiger partial charge in [0.15, 0.2) is 9.84 Å². The normalized spacial score (nSPS) is 17.4. The molecule has 39 heavy (non-hydrogen) atoms. The van der Waals surface area contributed by atoms with Crippen LogP contribution < -0.4 is 15.5 Å². The van der Waals surface area contributed by atoms with Crippen molar-refractivity contribution in [2.45, 2.75) is 26.4 Å². The number of anilines is 2. The van der Waals surface area contributed by atoms with Crippen molar-refractivity contribution in [2.75, 3.05) is 48.4 Å². The number of likely N-dealkylation sites (N-methyl/N-ethyl adjacent to an activating group) is 1. The number of benzene rings is 3. The highest BCUT2D eigenvalue weighted by atomic mass is 32.2. The van der Waals surface area contributed by atoms with Crippen LogP contribution in [0.1, 0.15) is 39.5 Å². The topological polar surface area (TPSA) is 81.8 Å². The van der Waals surface area contributed by atoms with Crippen molar-refractivity contribution in [2.24, 2.45) is 0 Å². The number of carbonyl (C=O) groups excluding carboxylic acids is 1. The summed E-state index contributed by atoms with van der Waals surface area (Å²) in [5, 5.41) is 6.60. The van der Waals surface area contributed by atoms with E-state index in [0.29, 0.717) is 25.2 Å². The van der Waals surface area contributed by atoms with Gasteiger partial charge in [-0.3, -0.25) is 4.79 Å². The third kappa shape index (κ3) is 6.69. The lowest BCUT2D eigenvalue weighted by Crippen LogP contribution is -2.40. The van der Waals surface area contributed by atoms with E-state index in [1.165, 1.54) is 11.1 Å². The number of carbonyl (C=O) groups is 1. The van der Waals surface area contributed by atoms with E-state index in [1.54, 1.807) is 12.1 Å². The van der Waals surface area contributed by atoms with Crippen molar-refractivity contribution in [1.29, 1.82) is 0 Å². The van der Waals surface area contributed by atoms with E-state index in [2.05, 4.69) is 59.0 Å². The summed E-state index contributed by atoms with van der Waals surface area (Å²) in [6, 6.07) is 22.2. The molecule has 204 valence electrons. The summed E-state index contributed by atoms with van der Waals surface area (Å²) < 4.78 is 23.4. The second-order valence-electron chi connectivity index (χ2n) is 10.4. The number of nitrogens with one attached hydrogen (secondary N) is 2. The minimum atomic E-state index is -2.93. The molecule has 2 aliphatic rings.